The summed E-state index contributed by atoms with van der Waals surface area (Å²) in [7, 11) is 1.33. The number of para-hydroxylation sites is 2. The van der Waals surface area contributed by atoms with Crippen molar-refractivity contribution in [2.45, 2.75) is 38.1 Å². The number of benzene rings is 3. The molecule has 2 aliphatic rings. The lowest BCUT2D eigenvalue weighted by Gasteiger charge is -2.41. The van der Waals surface area contributed by atoms with Crippen LogP contribution in [0.5, 0.6) is 0 Å². The molecule has 3 amide bonds. The average Bonchev–Trinajstić information content (AvgIpc) is 3.80. The second-order valence-corrected chi connectivity index (χ2v) is 10.2. The summed E-state index contributed by atoms with van der Waals surface area (Å²) in [5.74, 6) is -1.02. The summed E-state index contributed by atoms with van der Waals surface area (Å²) in [4.78, 5) is 45.7. The molecule has 3 aromatic rings. The molecule has 0 bridgehead atoms. The van der Waals surface area contributed by atoms with E-state index in [-0.39, 0.29) is 30.2 Å². The number of carbonyl (C=O) groups excluding carboxylic acids is 3. The maximum absolute atomic E-state index is 13.9. The Balaban J connectivity index is 1.35. The third-order valence-corrected chi connectivity index (χ3v) is 7.60. The van der Waals surface area contributed by atoms with Gasteiger partial charge in [-0.05, 0) is 74.2 Å². The zero-order chi connectivity index (χ0) is 27.4. The number of halogens is 1. The van der Waals surface area contributed by atoms with E-state index in [1.54, 1.807) is 26.8 Å². The van der Waals surface area contributed by atoms with Crippen molar-refractivity contribution in [3.05, 3.63) is 90.7 Å². The highest BCUT2D eigenvalue weighted by molar-refractivity contribution is 6.02. The van der Waals surface area contributed by atoms with Gasteiger partial charge in [0.25, 0.3) is 0 Å². The number of methoxy groups -OCH3 is 1. The fraction of sp³-hybridized carbons (Fsp3) is 0.323. The lowest BCUT2D eigenvalue weighted by molar-refractivity contribution is -0.157. The number of esters is 1. The fourth-order valence-electron chi connectivity index (χ4n) is 5.32. The first-order chi connectivity index (χ1) is 18.9. The zero-order valence-corrected chi connectivity index (χ0v) is 22.0. The highest BCUT2D eigenvalue weighted by Crippen LogP contribution is 2.40. The fourth-order valence-corrected chi connectivity index (χ4v) is 5.32. The number of nitrogens with zero attached hydrogens (tertiary/aromatic N) is 3. The number of anilines is 3. The Bertz CT molecular complexity index is 1270. The molecule has 1 saturated carbocycles. The van der Waals surface area contributed by atoms with Crippen LogP contribution in [0.15, 0.2) is 84.9 Å². The highest BCUT2D eigenvalue weighted by Gasteiger charge is 2.47. The predicted molar refractivity (Wildman–Crippen MR) is 147 cm³/mol. The van der Waals surface area contributed by atoms with Crippen molar-refractivity contribution in [2.75, 3.05) is 30.0 Å². The van der Waals surface area contributed by atoms with E-state index in [1.807, 2.05) is 60.7 Å². The molecule has 0 spiro atoms. The maximum atomic E-state index is 13.9. The van der Waals surface area contributed by atoms with Gasteiger partial charge >= 0.3 is 12.0 Å². The van der Waals surface area contributed by atoms with Crippen molar-refractivity contribution in [3.8, 4) is 0 Å². The van der Waals surface area contributed by atoms with E-state index in [1.165, 1.54) is 19.2 Å². The van der Waals surface area contributed by atoms with Crippen LogP contribution < -0.4 is 9.80 Å². The van der Waals surface area contributed by atoms with Crippen molar-refractivity contribution >= 4 is 35.0 Å². The van der Waals surface area contributed by atoms with Crippen molar-refractivity contribution in [1.82, 2.24) is 4.90 Å². The molecule has 2 fully saturated rings. The van der Waals surface area contributed by atoms with E-state index >= 15 is 0 Å². The molecule has 5 rings (SSSR count). The van der Waals surface area contributed by atoms with Crippen LogP contribution in [0.3, 0.4) is 0 Å². The van der Waals surface area contributed by atoms with Crippen LogP contribution >= 0.6 is 0 Å². The van der Waals surface area contributed by atoms with E-state index in [0.29, 0.717) is 43.0 Å². The molecule has 0 unspecified atom stereocenters. The van der Waals surface area contributed by atoms with E-state index in [9.17, 15) is 18.8 Å². The van der Waals surface area contributed by atoms with Crippen LogP contribution in [-0.2, 0) is 14.3 Å². The number of carbonyl (C=O) groups is 3. The van der Waals surface area contributed by atoms with Crippen molar-refractivity contribution in [3.63, 3.8) is 0 Å². The minimum atomic E-state index is -1.05. The number of rotatable bonds is 7. The molecule has 1 aliphatic carbocycles. The molecule has 1 heterocycles. The number of hydrogen-bond donors (Lipinski definition) is 0. The molecule has 0 aromatic heterocycles. The van der Waals surface area contributed by atoms with Gasteiger partial charge in [-0.2, -0.15) is 0 Å². The van der Waals surface area contributed by atoms with E-state index in [4.69, 9.17) is 4.74 Å². The largest absolute Gasteiger partial charge is 0.469 e. The van der Waals surface area contributed by atoms with Gasteiger partial charge in [0.2, 0.25) is 5.91 Å². The molecule has 0 N–H and O–H groups in total. The SMILES string of the molecule is COC(=O)C1(CC(=O)N(c2ccccc2)c2ccccc2)CCN(C(=O)N(c2ccc(F)cc2)C2CC2)CC1. The molecule has 1 aliphatic heterocycles. The Morgan fingerprint density at radius 2 is 1.38 bits per heavy atom. The van der Waals surface area contributed by atoms with Crippen LogP contribution in [0, 0.1) is 11.2 Å². The molecular weight excluding hydrogens is 497 g/mol. The molecule has 3 aromatic carbocycles. The Morgan fingerprint density at radius 3 is 1.87 bits per heavy atom. The topological polar surface area (TPSA) is 70.2 Å². The lowest BCUT2D eigenvalue weighted by atomic mass is 9.75. The number of piperidine rings is 1. The van der Waals surface area contributed by atoms with Gasteiger partial charge in [-0.25, -0.2) is 9.18 Å². The lowest BCUT2D eigenvalue weighted by Crippen LogP contribution is -2.52. The quantitative estimate of drug-likeness (QED) is 0.356. The monoisotopic (exact) mass is 529 g/mol. The minimum absolute atomic E-state index is 0.0458. The summed E-state index contributed by atoms with van der Waals surface area (Å²) in [6.07, 6.45) is 2.35. The van der Waals surface area contributed by atoms with Crippen LogP contribution in [-0.4, -0.2) is 49.0 Å². The molecule has 202 valence electrons. The van der Waals surface area contributed by atoms with Gasteiger partial charge in [-0.3, -0.25) is 19.4 Å². The van der Waals surface area contributed by atoms with Gasteiger partial charge in [-0.15, -0.1) is 0 Å². The first-order valence-electron chi connectivity index (χ1n) is 13.3. The third-order valence-electron chi connectivity index (χ3n) is 7.60. The standard InChI is InChI=1S/C31H32FN3O4/c1-39-29(37)31(22-28(36)34(24-8-4-2-5-9-24)25-10-6-3-7-11-25)18-20-33(21-19-31)30(38)35(27-16-17-27)26-14-12-23(32)13-15-26/h2-15,27H,16-22H2,1H3. The third kappa shape index (κ3) is 5.65. The summed E-state index contributed by atoms with van der Waals surface area (Å²) < 4.78 is 18.7. The van der Waals surface area contributed by atoms with Gasteiger partial charge in [0, 0.05) is 42.6 Å². The Morgan fingerprint density at radius 1 is 0.846 bits per heavy atom. The van der Waals surface area contributed by atoms with E-state index < -0.39 is 11.4 Å². The van der Waals surface area contributed by atoms with Crippen LogP contribution in [0.1, 0.15) is 32.1 Å². The summed E-state index contributed by atoms with van der Waals surface area (Å²) in [6.45, 7) is 0.616. The second-order valence-electron chi connectivity index (χ2n) is 10.2. The van der Waals surface area contributed by atoms with Gasteiger partial charge in [0.05, 0.1) is 12.5 Å². The number of amides is 3. The number of urea groups is 1. The van der Waals surface area contributed by atoms with Crippen molar-refractivity contribution < 1.29 is 23.5 Å². The molecule has 7 nitrogen and oxygen atoms in total. The van der Waals surface area contributed by atoms with E-state index in [0.717, 1.165) is 12.8 Å². The Labute approximate surface area is 227 Å². The van der Waals surface area contributed by atoms with Crippen LogP contribution in [0.2, 0.25) is 0 Å². The van der Waals surface area contributed by atoms with Gasteiger partial charge < -0.3 is 9.64 Å². The number of hydrogen-bond acceptors (Lipinski definition) is 4. The number of likely N-dealkylation sites (tertiary alicyclic amines) is 1. The molecule has 0 atom stereocenters. The van der Waals surface area contributed by atoms with E-state index in [2.05, 4.69) is 0 Å². The summed E-state index contributed by atoms with van der Waals surface area (Å²) in [6, 6.07) is 24.5. The summed E-state index contributed by atoms with van der Waals surface area (Å²) in [5.41, 5.74) is 1.02. The average molecular weight is 530 g/mol. The minimum Gasteiger partial charge on any atom is -0.469 e. The Hall–Kier alpha value is -4.20. The predicted octanol–water partition coefficient (Wildman–Crippen LogP) is 5.92. The van der Waals surface area contributed by atoms with Crippen molar-refractivity contribution in [1.29, 1.82) is 0 Å². The molecule has 1 saturated heterocycles. The molecule has 39 heavy (non-hydrogen) atoms. The van der Waals surface area contributed by atoms with Crippen LogP contribution in [0.25, 0.3) is 0 Å². The molecular formula is C31H32FN3O4. The normalized spacial score (nSPS) is 16.3. The molecule has 8 heteroatoms. The summed E-state index contributed by atoms with van der Waals surface area (Å²) in [5, 5.41) is 0. The van der Waals surface area contributed by atoms with Gasteiger partial charge in [0.15, 0.2) is 0 Å². The maximum Gasteiger partial charge on any atom is 0.324 e. The second kappa shape index (κ2) is 11.3. The van der Waals surface area contributed by atoms with Crippen LogP contribution in [0.4, 0.5) is 26.2 Å². The first-order valence-corrected chi connectivity index (χ1v) is 13.3. The van der Waals surface area contributed by atoms with Crippen molar-refractivity contribution in [2.24, 2.45) is 5.41 Å². The molecule has 0 radical (unpaired) electrons. The highest BCUT2D eigenvalue weighted by atomic mass is 19.1. The van der Waals surface area contributed by atoms with Gasteiger partial charge in [0.1, 0.15) is 5.82 Å². The zero-order valence-electron chi connectivity index (χ0n) is 22.0. The first kappa shape index (κ1) is 26.4. The summed E-state index contributed by atoms with van der Waals surface area (Å²) >= 11 is 0. The number of ether oxygens (including phenoxy) is 1. The Kier molecular flexibility index (Phi) is 7.63. The smallest absolute Gasteiger partial charge is 0.324 e. The van der Waals surface area contributed by atoms with Gasteiger partial charge in [-0.1, -0.05) is 36.4 Å².